The van der Waals surface area contributed by atoms with Gasteiger partial charge in [-0.1, -0.05) is 35.4 Å². The Hall–Kier alpha value is -3.56. The molecule has 2 aromatic rings. The number of esters is 1. The highest BCUT2D eigenvalue weighted by Gasteiger charge is 2.53. The number of carbonyl (C=O) groups is 2. The van der Waals surface area contributed by atoms with E-state index in [1.807, 2.05) is 30.3 Å². The number of azide groups is 1. The van der Waals surface area contributed by atoms with Crippen molar-refractivity contribution in [3.63, 3.8) is 0 Å². The number of urea groups is 1. The minimum Gasteiger partial charge on any atom is -0.467 e. The molecule has 1 fully saturated rings. The van der Waals surface area contributed by atoms with Gasteiger partial charge in [-0.3, -0.25) is 9.52 Å². The molecule has 0 aliphatic carbocycles. The van der Waals surface area contributed by atoms with E-state index in [1.54, 1.807) is 10.9 Å². The zero-order valence-electron chi connectivity index (χ0n) is 15.7. The Morgan fingerprint density at radius 3 is 2.90 bits per heavy atom. The SMILES string of the molecule is COC(=O)[C@@H]1c2c(cnn2CCN=[N+]=[N-])[C@H]2CN1C(=O)N2OCc1ccccc1. The molecule has 2 bridgehead atoms. The Labute approximate surface area is 166 Å². The van der Waals surface area contributed by atoms with Crippen molar-refractivity contribution in [1.29, 1.82) is 0 Å². The van der Waals surface area contributed by atoms with Gasteiger partial charge in [0.15, 0.2) is 6.04 Å². The standard InChI is InChI=1S/C18H19N7O4/c1-28-17(26)16-15-13(9-21-24(15)8-7-20-22-19)14-10-23(16)18(27)25(14)29-11-12-5-3-2-4-6-12/h2-6,9,14,16H,7-8,10-11H2,1H3/t14-,16+/m1/s1. The molecule has 0 unspecified atom stereocenters. The Morgan fingerprint density at radius 2 is 2.17 bits per heavy atom. The number of aromatic nitrogens is 2. The van der Waals surface area contributed by atoms with Gasteiger partial charge in [-0.2, -0.15) is 10.2 Å². The molecule has 29 heavy (non-hydrogen) atoms. The van der Waals surface area contributed by atoms with Crippen LogP contribution < -0.4 is 0 Å². The van der Waals surface area contributed by atoms with E-state index < -0.39 is 24.1 Å². The summed E-state index contributed by atoms with van der Waals surface area (Å²) in [7, 11) is 1.28. The van der Waals surface area contributed by atoms with Gasteiger partial charge in [0.25, 0.3) is 0 Å². The quantitative estimate of drug-likeness (QED) is 0.307. The minimum atomic E-state index is -0.933. The van der Waals surface area contributed by atoms with Crippen molar-refractivity contribution in [2.45, 2.75) is 25.2 Å². The summed E-state index contributed by atoms with van der Waals surface area (Å²) >= 11 is 0. The fraction of sp³-hybridized carbons (Fsp3) is 0.389. The summed E-state index contributed by atoms with van der Waals surface area (Å²) < 4.78 is 6.53. The normalized spacial score (nSPS) is 19.7. The van der Waals surface area contributed by atoms with Gasteiger partial charge in [-0.25, -0.2) is 9.59 Å². The third-order valence-electron chi connectivity index (χ3n) is 5.04. The topological polar surface area (TPSA) is 126 Å². The van der Waals surface area contributed by atoms with Crippen molar-refractivity contribution in [2.75, 3.05) is 20.2 Å². The summed E-state index contributed by atoms with van der Waals surface area (Å²) in [6.45, 7) is 0.973. The molecule has 0 radical (unpaired) electrons. The highest BCUT2D eigenvalue weighted by atomic mass is 16.7. The zero-order chi connectivity index (χ0) is 20.4. The van der Waals surface area contributed by atoms with Crippen LogP contribution in [0.2, 0.25) is 0 Å². The van der Waals surface area contributed by atoms with E-state index in [1.165, 1.54) is 17.1 Å². The molecule has 3 heterocycles. The molecule has 1 aromatic heterocycles. The number of methoxy groups -OCH3 is 1. The lowest BCUT2D eigenvalue weighted by molar-refractivity contribution is -0.146. The predicted octanol–water partition coefficient (Wildman–Crippen LogP) is 2.33. The van der Waals surface area contributed by atoms with Gasteiger partial charge in [0, 0.05) is 23.6 Å². The molecule has 150 valence electrons. The maximum absolute atomic E-state index is 13.0. The highest BCUT2D eigenvalue weighted by Crippen LogP contribution is 2.44. The first-order valence-electron chi connectivity index (χ1n) is 9.06. The van der Waals surface area contributed by atoms with Crippen LogP contribution in [0.1, 0.15) is 28.9 Å². The molecule has 11 nitrogen and oxygen atoms in total. The number of amides is 2. The fourth-order valence-electron chi connectivity index (χ4n) is 3.73. The minimum absolute atomic E-state index is 0.172. The second-order valence-corrected chi connectivity index (χ2v) is 6.62. The fourth-order valence-corrected chi connectivity index (χ4v) is 3.73. The van der Waals surface area contributed by atoms with Crippen molar-refractivity contribution < 1.29 is 19.2 Å². The van der Waals surface area contributed by atoms with Gasteiger partial charge in [-0.05, 0) is 11.1 Å². The number of hydrogen-bond donors (Lipinski definition) is 0. The van der Waals surface area contributed by atoms with E-state index in [0.717, 1.165) is 11.1 Å². The third kappa shape index (κ3) is 3.26. The summed E-state index contributed by atoms with van der Waals surface area (Å²) in [5.74, 6) is -0.562. The predicted molar refractivity (Wildman–Crippen MR) is 98.9 cm³/mol. The third-order valence-corrected chi connectivity index (χ3v) is 5.04. The van der Waals surface area contributed by atoms with Crippen LogP contribution in [-0.2, 0) is 27.5 Å². The number of nitrogens with zero attached hydrogens (tertiary/aromatic N) is 7. The Kier molecular flexibility index (Phi) is 5.07. The maximum atomic E-state index is 13.0. The van der Waals surface area contributed by atoms with Crippen LogP contribution in [0, 0.1) is 0 Å². The van der Waals surface area contributed by atoms with Gasteiger partial charge in [0.1, 0.15) is 12.6 Å². The molecule has 4 rings (SSSR count). The first-order chi connectivity index (χ1) is 14.2. The van der Waals surface area contributed by atoms with Gasteiger partial charge < -0.3 is 9.64 Å². The van der Waals surface area contributed by atoms with Crippen LogP contribution in [0.3, 0.4) is 0 Å². The number of carbonyl (C=O) groups excluding carboxylic acids is 2. The van der Waals surface area contributed by atoms with Crippen molar-refractivity contribution in [1.82, 2.24) is 19.7 Å². The van der Waals surface area contributed by atoms with Crippen LogP contribution in [0.25, 0.3) is 10.4 Å². The summed E-state index contributed by atoms with van der Waals surface area (Å²) in [6.07, 6.45) is 1.63. The molecule has 2 atom stereocenters. The number of benzene rings is 1. The molecule has 1 saturated heterocycles. The van der Waals surface area contributed by atoms with Crippen LogP contribution in [-0.4, -0.2) is 51.9 Å². The summed E-state index contributed by atoms with van der Waals surface area (Å²) in [5.41, 5.74) is 10.7. The lowest BCUT2D eigenvalue weighted by atomic mass is 9.98. The van der Waals surface area contributed by atoms with Crippen LogP contribution in [0.15, 0.2) is 41.6 Å². The molecule has 0 N–H and O–H groups in total. The Balaban J connectivity index is 1.65. The molecule has 0 spiro atoms. The molecule has 1 aromatic carbocycles. The first-order valence-corrected chi connectivity index (χ1v) is 9.06. The average molecular weight is 397 g/mol. The van der Waals surface area contributed by atoms with Gasteiger partial charge in [0.2, 0.25) is 0 Å². The van der Waals surface area contributed by atoms with Gasteiger partial charge in [0.05, 0.1) is 25.5 Å². The van der Waals surface area contributed by atoms with Crippen molar-refractivity contribution in [2.24, 2.45) is 5.11 Å². The van der Waals surface area contributed by atoms with E-state index in [9.17, 15) is 9.59 Å². The highest BCUT2D eigenvalue weighted by molar-refractivity contribution is 5.87. The summed E-state index contributed by atoms with van der Waals surface area (Å²) in [6, 6.07) is 7.78. The summed E-state index contributed by atoms with van der Waals surface area (Å²) in [4.78, 5) is 35.5. The molecule has 2 aliphatic rings. The number of rotatable bonds is 7. The lowest BCUT2D eigenvalue weighted by Gasteiger charge is -2.29. The lowest BCUT2D eigenvalue weighted by Crippen LogP contribution is -2.40. The summed E-state index contributed by atoms with van der Waals surface area (Å²) in [5, 5.41) is 9.16. The van der Waals surface area contributed by atoms with E-state index in [-0.39, 0.29) is 19.7 Å². The maximum Gasteiger partial charge on any atom is 0.345 e. The van der Waals surface area contributed by atoms with Gasteiger partial charge in [-0.15, -0.1) is 0 Å². The molecule has 2 amide bonds. The molecule has 0 saturated carbocycles. The average Bonchev–Trinajstić information content (AvgIpc) is 3.28. The van der Waals surface area contributed by atoms with Crippen LogP contribution >= 0.6 is 0 Å². The monoisotopic (exact) mass is 397 g/mol. The van der Waals surface area contributed by atoms with Gasteiger partial charge >= 0.3 is 12.0 Å². The first kappa shape index (κ1) is 18.8. The van der Waals surface area contributed by atoms with E-state index in [2.05, 4.69) is 15.1 Å². The number of ether oxygens (including phenoxy) is 1. The molecular weight excluding hydrogens is 378 g/mol. The molecule has 11 heteroatoms. The smallest absolute Gasteiger partial charge is 0.345 e. The molecule has 2 aliphatic heterocycles. The second-order valence-electron chi connectivity index (χ2n) is 6.62. The second kappa shape index (κ2) is 7.82. The number of hydroxylamine groups is 2. The van der Waals surface area contributed by atoms with Crippen molar-refractivity contribution in [3.8, 4) is 0 Å². The van der Waals surface area contributed by atoms with E-state index >= 15 is 0 Å². The zero-order valence-corrected chi connectivity index (χ0v) is 15.7. The van der Waals surface area contributed by atoms with Crippen LogP contribution in [0.5, 0.6) is 0 Å². The van der Waals surface area contributed by atoms with Crippen LogP contribution in [0.4, 0.5) is 4.79 Å². The number of hydrogen-bond acceptors (Lipinski definition) is 6. The van der Waals surface area contributed by atoms with Crippen molar-refractivity contribution in [3.05, 3.63) is 63.8 Å². The Morgan fingerprint density at radius 1 is 1.38 bits per heavy atom. The largest absolute Gasteiger partial charge is 0.467 e. The number of fused-ring (bicyclic) bond motifs is 4. The Bertz CT molecular complexity index is 970. The van der Waals surface area contributed by atoms with Crippen molar-refractivity contribution >= 4 is 12.0 Å². The van der Waals surface area contributed by atoms with E-state index in [4.69, 9.17) is 15.1 Å². The molecular formula is C18H19N7O4. The van der Waals surface area contributed by atoms with E-state index in [0.29, 0.717) is 12.2 Å².